The van der Waals surface area contributed by atoms with E-state index in [1.54, 1.807) is 23.6 Å². The van der Waals surface area contributed by atoms with Gasteiger partial charge in [-0.2, -0.15) is 0 Å². The van der Waals surface area contributed by atoms with E-state index in [4.69, 9.17) is 10.5 Å². The fraction of sp³-hybridized carbons (Fsp3) is 0.882. The number of nitrogens with two attached hydrogens (primary N) is 1. The Morgan fingerprint density at radius 3 is 2.39 bits per heavy atom. The maximum absolute atomic E-state index is 12.0. The van der Waals surface area contributed by atoms with Crippen molar-refractivity contribution in [2.75, 3.05) is 18.9 Å². The molecule has 1 rings (SSSR count). The summed E-state index contributed by atoms with van der Waals surface area (Å²) in [5, 5.41) is 0. The Morgan fingerprint density at radius 1 is 1.13 bits per heavy atom. The number of esters is 1. The molecule has 0 unspecified atom stereocenters. The van der Waals surface area contributed by atoms with E-state index in [2.05, 4.69) is 6.92 Å². The number of hydrogen-bond donors (Lipinski definition) is 1. The van der Waals surface area contributed by atoms with Crippen molar-refractivity contribution in [2.45, 2.75) is 76.5 Å². The lowest BCUT2D eigenvalue weighted by atomic mass is 10.0. The van der Waals surface area contributed by atoms with Crippen LogP contribution < -0.4 is 5.73 Å². The third kappa shape index (κ3) is 6.61. The van der Waals surface area contributed by atoms with Gasteiger partial charge in [0.25, 0.3) is 0 Å². The van der Waals surface area contributed by atoms with Crippen molar-refractivity contribution >= 4 is 23.8 Å². The molecule has 1 aliphatic heterocycles. The van der Waals surface area contributed by atoms with E-state index in [1.807, 2.05) is 0 Å². The normalized spacial score (nSPS) is 20.7. The molecule has 1 fully saturated rings. The minimum atomic E-state index is -0.499. The monoisotopic (exact) mass is 344 g/mol. The molecule has 0 aromatic carbocycles. The van der Waals surface area contributed by atoms with Gasteiger partial charge >= 0.3 is 12.0 Å². The van der Waals surface area contributed by atoms with Crippen molar-refractivity contribution in [3.8, 4) is 0 Å². The summed E-state index contributed by atoms with van der Waals surface area (Å²) in [5.74, 6) is 0.592. The summed E-state index contributed by atoms with van der Waals surface area (Å²) in [6, 6.07) is -0.428. The first kappa shape index (κ1) is 20.1. The van der Waals surface area contributed by atoms with Gasteiger partial charge in [-0.15, -0.1) is 11.8 Å². The highest BCUT2D eigenvalue weighted by Crippen LogP contribution is 2.43. The summed E-state index contributed by atoms with van der Waals surface area (Å²) >= 11 is 1.68. The van der Waals surface area contributed by atoms with Crippen LogP contribution in [0, 0.1) is 0 Å². The lowest BCUT2D eigenvalue weighted by Crippen LogP contribution is -2.49. The van der Waals surface area contributed by atoms with E-state index < -0.39 is 10.9 Å². The summed E-state index contributed by atoms with van der Waals surface area (Å²) in [7, 11) is 0. The summed E-state index contributed by atoms with van der Waals surface area (Å²) in [6.45, 7) is 5.01. The van der Waals surface area contributed by atoms with Gasteiger partial charge in [0.15, 0.2) is 0 Å². The number of rotatable bonds is 11. The van der Waals surface area contributed by atoms with Gasteiger partial charge < -0.3 is 15.4 Å². The Kier molecular flexibility index (Phi) is 9.44. The number of carbonyl (C=O) groups is 2. The van der Waals surface area contributed by atoms with Crippen LogP contribution in [0.15, 0.2) is 0 Å². The zero-order chi connectivity index (χ0) is 17.1. The molecule has 0 spiro atoms. The zero-order valence-corrected chi connectivity index (χ0v) is 15.5. The van der Waals surface area contributed by atoms with Crippen molar-refractivity contribution in [3.63, 3.8) is 0 Å². The number of thioether (sulfide) groups is 1. The Morgan fingerprint density at radius 2 is 1.78 bits per heavy atom. The first-order chi connectivity index (χ1) is 11.1. The van der Waals surface area contributed by atoms with E-state index >= 15 is 0 Å². The largest absolute Gasteiger partial charge is 0.466 e. The molecule has 0 saturated carbocycles. The van der Waals surface area contributed by atoms with E-state index in [9.17, 15) is 9.59 Å². The topological polar surface area (TPSA) is 72.6 Å². The van der Waals surface area contributed by atoms with Crippen molar-refractivity contribution in [2.24, 2.45) is 5.73 Å². The van der Waals surface area contributed by atoms with E-state index in [-0.39, 0.29) is 12.4 Å². The summed E-state index contributed by atoms with van der Waals surface area (Å²) in [4.78, 5) is 24.9. The minimum absolute atomic E-state index is 0.240. The summed E-state index contributed by atoms with van der Waals surface area (Å²) in [5.41, 5.74) is 5.53. The second-order valence-electron chi connectivity index (χ2n) is 6.14. The van der Waals surface area contributed by atoms with Crippen LogP contribution >= 0.6 is 11.8 Å². The number of carbonyl (C=O) groups excluding carboxylic acids is 2. The molecule has 5 nitrogen and oxygen atoms in total. The van der Waals surface area contributed by atoms with Gasteiger partial charge in [0.2, 0.25) is 0 Å². The van der Waals surface area contributed by atoms with Gasteiger partial charge in [-0.3, -0.25) is 4.79 Å². The number of ether oxygens (including phenoxy) is 1. The molecule has 23 heavy (non-hydrogen) atoms. The van der Waals surface area contributed by atoms with Crippen molar-refractivity contribution < 1.29 is 14.3 Å². The molecule has 6 heteroatoms. The molecule has 0 aliphatic carbocycles. The minimum Gasteiger partial charge on any atom is -0.466 e. The van der Waals surface area contributed by atoms with Crippen molar-refractivity contribution in [1.29, 1.82) is 0 Å². The zero-order valence-electron chi connectivity index (χ0n) is 14.6. The molecule has 0 bridgehead atoms. The van der Waals surface area contributed by atoms with E-state index in [1.165, 1.54) is 32.1 Å². The number of urea groups is 1. The van der Waals surface area contributed by atoms with Crippen LogP contribution in [0.25, 0.3) is 0 Å². The molecule has 1 heterocycles. The predicted octanol–water partition coefficient (Wildman–Crippen LogP) is 3.90. The van der Waals surface area contributed by atoms with Crippen LogP contribution in [0.3, 0.4) is 0 Å². The Hall–Kier alpha value is -0.910. The Bertz CT molecular complexity index is 379. The average molecular weight is 345 g/mol. The first-order valence-corrected chi connectivity index (χ1v) is 9.91. The number of hydrogen-bond acceptors (Lipinski definition) is 4. The standard InChI is InChI=1S/C17H32N2O3S/c1-3-5-6-7-8-9-10-11-17(14-15(20)22-4-2)19(16(18)21)12-13-23-17/h3-14H2,1-2H3,(H2,18,21)/t17-/m0/s1. The van der Waals surface area contributed by atoms with E-state index in [0.29, 0.717) is 13.2 Å². The summed E-state index contributed by atoms with van der Waals surface area (Å²) in [6.07, 6.45) is 9.56. The van der Waals surface area contributed by atoms with Gasteiger partial charge in [-0.1, -0.05) is 51.9 Å². The molecule has 1 saturated heterocycles. The quantitative estimate of drug-likeness (QED) is 0.456. The molecular weight excluding hydrogens is 312 g/mol. The Balaban J connectivity index is 2.51. The molecule has 0 radical (unpaired) electrons. The molecule has 0 aromatic rings. The van der Waals surface area contributed by atoms with Gasteiger partial charge in [0.05, 0.1) is 13.0 Å². The number of primary amides is 1. The molecule has 0 aromatic heterocycles. The van der Waals surface area contributed by atoms with Crippen LogP contribution in [0.4, 0.5) is 4.79 Å². The third-order valence-corrected chi connectivity index (χ3v) is 5.83. The highest BCUT2D eigenvalue weighted by Gasteiger charge is 2.45. The molecular formula is C17H32N2O3S. The third-order valence-electron chi connectivity index (χ3n) is 4.34. The molecule has 2 amide bonds. The number of unbranched alkanes of at least 4 members (excludes halogenated alkanes) is 6. The van der Waals surface area contributed by atoms with Gasteiger partial charge in [0, 0.05) is 12.3 Å². The van der Waals surface area contributed by atoms with E-state index in [0.717, 1.165) is 25.0 Å². The predicted molar refractivity (Wildman–Crippen MR) is 95.3 cm³/mol. The maximum Gasteiger partial charge on any atom is 0.315 e. The lowest BCUT2D eigenvalue weighted by Gasteiger charge is -2.36. The van der Waals surface area contributed by atoms with Gasteiger partial charge in [-0.05, 0) is 13.3 Å². The first-order valence-electron chi connectivity index (χ1n) is 8.92. The highest BCUT2D eigenvalue weighted by molar-refractivity contribution is 8.00. The number of nitrogens with zero attached hydrogens (tertiary/aromatic N) is 1. The molecule has 2 N–H and O–H groups in total. The Labute approximate surface area is 144 Å². The second kappa shape index (κ2) is 10.8. The average Bonchev–Trinajstić information content (AvgIpc) is 2.90. The smallest absolute Gasteiger partial charge is 0.315 e. The van der Waals surface area contributed by atoms with Gasteiger partial charge in [-0.25, -0.2) is 4.79 Å². The van der Waals surface area contributed by atoms with Gasteiger partial charge in [0.1, 0.15) is 4.87 Å². The lowest BCUT2D eigenvalue weighted by molar-refractivity contribution is -0.144. The fourth-order valence-corrected chi connectivity index (χ4v) is 4.66. The SMILES string of the molecule is CCCCCCCCC[C@@]1(CC(=O)OCC)SCCN1C(N)=O. The molecule has 1 atom stereocenters. The maximum atomic E-state index is 12.0. The van der Waals surface area contributed by atoms with Crippen LogP contribution in [-0.4, -0.2) is 40.7 Å². The van der Waals surface area contributed by atoms with Crippen LogP contribution in [0.1, 0.15) is 71.6 Å². The van der Waals surface area contributed by atoms with Crippen LogP contribution in [0.2, 0.25) is 0 Å². The molecule has 134 valence electrons. The fourth-order valence-electron chi connectivity index (χ4n) is 3.16. The van der Waals surface area contributed by atoms with Crippen LogP contribution in [0.5, 0.6) is 0 Å². The molecule has 1 aliphatic rings. The van der Waals surface area contributed by atoms with Crippen LogP contribution in [-0.2, 0) is 9.53 Å². The van der Waals surface area contributed by atoms with Crippen molar-refractivity contribution in [3.05, 3.63) is 0 Å². The highest BCUT2D eigenvalue weighted by atomic mass is 32.2. The second-order valence-corrected chi connectivity index (χ2v) is 7.59. The summed E-state index contributed by atoms with van der Waals surface area (Å²) < 4.78 is 5.10. The number of amides is 2. The van der Waals surface area contributed by atoms with Crippen molar-refractivity contribution in [1.82, 2.24) is 4.90 Å².